The fourth-order valence-electron chi connectivity index (χ4n) is 5.96. The normalized spacial score (nSPS) is 15.0. The lowest BCUT2D eigenvalue weighted by atomic mass is 9.89. The molecule has 4 aromatic rings. The molecular weight excluding hydrogens is 591 g/mol. The van der Waals surface area contributed by atoms with Gasteiger partial charge < -0.3 is 26.0 Å². The Bertz CT molecular complexity index is 1580. The number of fused-ring (bicyclic) bond motifs is 1. The Balaban J connectivity index is 1.53. The predicted molar refractivity (Wildman–Crippen MR) is 167 cm³/mol. The molecule has 5 N–H and O–H groups in total. The second-order valence-electron chi connectivity index (χ2n) is 11.4. The number of rotatable bonds is 12. The molecule has 1 fully saturated rings. The molecule has 0 saturated heterocycles. The van der Waals surface area contributed by atoms with Crippen molar-refractivity contribution in [2.75, 3.05) is 25.0 Å². The molecule has 1 unspecified atom stereocenters. The molecule has 0 radical (unpaired) electrons. The number of benzene rings is 3. The lowest BCUT2D eigenvalue weighted by molar-refractivity contribution is -0.137. The van der Waals surface area contributed by atoms with Gasteiger partial charge in [-0.15, -0.1) is 0 Å². The standard InChI is InChI=1S/C33H37ClF3N5O2/c34-27-12-6-22(16-26(27)33(35,36)37)20-42-30-13-9-24(28(18-31(38)44)40-19-21-4-2-1-3-5-21)17-29(30)41-32(42)23-7-10-25(11-8-23)39-14-15-43/h6-13,16-17,21,28,39-40,43H,1-5,14-15,18-20H2,(H2,38,44). The third-order valence-electron chi connectivity index (χ3n) is 8.22. The number of aliphatic hydroxyl groups excluding tert-OH is 1. The molecule has 7 nitrogen and oxygen atoms in total. The Morgan fingerprint density at radius 3 is 2.50 bits per heavy atom. The number of halogens is 4. The Kier molecular flexibility index (Phi) is 10.1. The van der Waals surface area contributed by atoms with E-state index in [1.807, 2.05) is 47.0 Å². The summed E-state index contributed by atoms with van der Waals surface area (Å²) in [6.07, 6.45) is 1.58. The summed E-state index contributed by atoms with van der Waals surface area (Å²) >= 11 is 5.89. The fourth-order valence-corrected chi connectivity index (χ4v) is 6.19. The molecule has 1 amide bonds. The number of alkyl halides is 3. The molecule has 1 aromatic heterocycles. The number of aliphatic hydroxyl groups is 1. The fraction of sp³-hybridized carbons (Fsp3) is 0.394. The van der Waals surface area contributed by atoms with E-state index in [0.29, 0.717) is 29.4 Å². The first kappa shape index (κ1) is 31.8. The van der Waals surface area contributed by atoms with Crippen LogP contribution in [0.5, 0.6) is 0 Å². The first-order valence-corrected chi connectivity index (χ1v) is 15.3. The maximum absolute atomic E-state index is 13.7. The van der Waals surface area contributed by atoms with Gasteiger partial charge in [-0.25, -0.2) is 4.98 Å². The zero-order valence-electron chi connectivity index (χ0n) is 24.3. The van der Waals surface area contributed by atoms with E-state index in [0.717, 1.165) is 47.8 Å². The second-order valence-corrected chi connectivity index (χ2v) is 11.9. The van der Waals surface area contributed by atoms with Crippen molar-refractivity contribution < 1.29 is 23.1 Å². The van der Waals surface area contributed by atoms with Crippen molar-refractivity contribution in [1.29, 1.82) is 0 Å². The van der Waals surface area contributed by atoms with Crippen molar-refractivity contribution in [3.8, 4) is 11.4 Å². The van der Waals surface area contributed by atoms with Crippen LogP contribution in [0.4, 0.5) is 18.9 Å². The van der Waals surface area contributed by atoms with Gasteiger partial charge in [0.25, 0.3) is 0 Å². The maximum Gasteiger partial charge on any atom is 0.417 e. The maximum atomic E-state index is 13.7. The molecule has 0 aliphatic heterocycles. The van der Waals surface area contributed by atoms with E-state index in [4.69, 9.17) is 27.4 Å². The van der Waals surface area contributed by atoms with Crippen molar-refractivity contribution in [1.82, 2.24) is 14.9 Å². The number of anilines is 1. The lowest BCUT2D eigenvalue weighted by Gasteiger charge is -2.25. The summed E-state index contributed by atoms with van der Waals surface area (Å²) in [5, 5.41) is 15.4. The number of imidazole rings is 1. The number of carbonyl (C=O) groups excluding carboxylic acids is 1. The monoisotopic (exact) mass is 627 g/mol. The van der Waals surface area contributed by atoms with Crippen LogP contribution in [0.25, 0.3) is 22.4 Å². The van der Waals surface area contributed by atoms with Crippen LogP contribution in [-0.4, -0.2) is 40.3 Å². The Labute approximate surface area is 259 Å². The first-order valence-electron chi connectivity index (χ1n) is 14.9. The highest BCUT2D eigenvalue weighted by molar-refractivity contribution is 6.31. The molecule has 1 aliphatic rings. The summed E-state index contributed by atoms with van der Waals surface area (Å²) in [4.78, 5) is 17.0. The molecule has 1 heterocycles. The van der Waals surface area contributed by atoms with Gasteiger partial charge in [0.1, 0.15) is 5.82 Å². The highest BCUT2D eigenvalue weighted by atomic mass is 35.5. The summed E-state index contributed by atoms with van der Waals surface area (Å²) < 4.78 is 42.9. The van der Waals surface area contributed by atoms with Gasteiger partial charge in [0.2, 0.25) is 5.91 Å². The average molecular weight is 628 g/mol. The van der Waals surface area contributed by atoms with Gasteiger partial charge in [0, 0.05) is 36.8 Å². The van der Waals surface area contributed by atoms with Crippen LogP contribution in [0.15, 0.2) is 60.7 Å². The van der Waals surface area contributed by atoms with Gasteiger partial charge in [0.15, 0.2) is 0 Å². The van der Waals surface area contributed by atoms with Gasteiger partial charge in [-0.2, -0.15) is 13.2 Å². The minimum Gasteiger partial charge on any atom is -0.395 e. The molecule has 0 bridgehead atoms. The minimum atomic E-state index is -4.58. The van der Waals surface area contributed by atoms with Crippen LogP contribution >= 0.6 is 11.6 Å². The van der Waals surface area contributed by atoms with E-state index < -0.39 is 17.6 Å². The zero-order chi connectivity index (χ0) is 31.3. The number of amides is 1. The van der Waals surface area contributed by atoms with Crippen molar-refractivity contribution in [3.63, 3.8) is 0 Å². The molecule has 1 atom stereocenters. The largest absolute Gasteiger partial charge is 0.417 e. The molecule has 5 rings (SSSR count). The van der Waals surface area contributed by atoms with Gasteiger partial charge in [-0.05, 0) is 85.0 Å². The van der Waals surface area contributed by atoms with Gasteiger partial charge in [-0.1, -0.05) is 43.0 Å². The average Bonchev–Trinajstić information content (AvgIpc) is 3.36. The van der Waals surface area contributed by atoms with Crippen molar-refractivity contribution >= 4 is 34.2 Å². The minimum absolute atomic E-state index is 0.00680. The number of primary amides is 1. The van der Waals surface area contributed by atoms with Crippen molar-refractivity contribution in [2.24, 2.45) is 11.7 Å². The van der Waals surface area contributed by atoms with E-state index in [-0.39, 0.29) is 30.6 Å². The van der Waals surface area contributed by atoms with Crippen LogP contribution in [-0.2, 0) is 17.5 Å². The Morgan fingerprint density at radius 2 is 1.82 bits per heavy atom. The van der Waals surface area contributed by atoms with Gasteiger partial charge in [-0.3, -0.25) is 4.79 Å². The van der Waals surface area contributed by atoms with E-state index in [1.54, 1.807) is 6.07 Å². The van der Waals surface area contributed by atoms with Crippen LogP contribution in [0, 0.1) is 5.92 Å². The highest BCUT2D eigenvalue weighted by Gasteiger charge is 2.33. The molecule has 1 saturated carbocycles. The molecular formula is C33H37ClF3N5O2. The summed E-state index contributed by atoms with van der Waals surface area (Å²) in [5.41, 5.74) is 9.02. The van der Waals surface area contributed by atoms with E-state index in [9.17, 15) is 18.0 Å². The molecule has 11 heteroatoms. The Hall–Kier alpha value is -3.60. The first-order chi connectivity index (χ1) is 21.1. The number of nitrogens with zero attached hydrogens (tertiary/aromatic N) is 2. The van der Waals surface area contributed by atoms with Crippen LogP contribution in [0.2, 0.25) is 5.02 Å². The van der Waals surface area contributed by atoms with E-state index in [2.05, 4.69) is 10.6 Å². The summed E-state index contributed by atoms with van der Waals surface area (Å²) in [7, 11) is 0. The third-order valence-corrected chi connectivity index (χ3v) is 8.55. The van der Waals surface area contributed by atoms with Gasteiger partial charge in [0.05, 0.1) is 28.2 Å². The van der Waals surface area contributed by atoms with Gasteiger partial charge >= 0.3 is 6.18 Å². The van der Waals surface area contributed by atoms with Crippen molar-refractivity contribution in [3.05, 3.63) is 82.4 Å². The number of aromatic nitrogens is 2. The molecule has 1 aliphatic carbocycles. The van der Waals surface area contributed by atoms with Crippen LogP contribution in [0.1, 0.15) is 61.3 Å². The topological polar surface area (TPSA) is 105 Å². The lowest BCUT2D eigenvalue weighted by Crippen LogP contribution is -2.31. The highest BCUT2D eigenvalue weighted by Crippen LogP contribution is 2.36. The SMILES string of the molecule is NC(=O)CC(NCC1CCCCC1)c1ccc2c(c1)nc(-c1ccc(NCCO)cc1)n2Cc1ccc(Cl)c(C(F)(F)F)c1. The molecule has 234 valence electrons. The van der Waals surface area contributed by atoms with Crippen LogP contribution in [0.3, 0.4) is 0 Å². The zero-order valence-corrected chi connectivity index (χ0v) is 25.1. The van der Waals surface area contributed by atoms with E-state index in [1.165, 1.54) is 25.3 Å². The number of nitrogens with one attached hydrogen (secondary N) is 2. The molecule has 44 heavy (non-hydrogen) atoms. The number of hydrogen-bond acceptors (Lipinski definition) is 5. The summed E-state index contributed by atoms with van der Waals surface area (Å²) in [6.45, 7) is 1.32. The predicted octanol–water partition coefficient (Wildman–Crippen LogP) is 6.91. The molecule has 3 aromatic carbocycles. The van der Waals surface area contributed by atoms with E-state index >= 15 is 0 Å². The number of carbonyl (C=O) groups is 1. The third kappa shape index (κ3) is 7.72. The van der Waals surface area contributed by atoms with Crippen LogP contribution < -0.4 is 16.4 Å². The summed E-state index contributed by atoms with van der Waals surface area (Å²) in [5.74, 6) is 0.732. The quantitative estimate of drug-likeness (QED) is 0.137. The smallest absolute Gasteiger partial charge is 0.395 e. The molecule has 0 spiro atoms. The number of nitrogens with two attached hydrogens (primary N) is 1. The second kappa shape index (κ2) is 14.0. The van der Waals surface area contributed by atoms with Crippen molar-refractivity contribution in [2.45, 2.75) is 57.3 Å². The number of hydrogen-bond donors (Lipinski definition) is 4. The Morgan fingerprint density at radius 1 is 1.07 bits per heavy atom. The summed E-state index contributed by atoms with van der Waals surface area (Å²) in [6, 6.07) is 16.9.